The third-order valence-electron chi connectivity index (χ3n) is 17.7. The Morgan fingerprint density at radius 3 is 1.44 bits per heavy atom. The Bertz CT molecular complexity index is 4330. The van der Waals surface area contributed by atoms with Crippen LogP contribution in [-0.4, -0.2) is 6.04 Å². The molecule has 0 heterocycles. The Labute approximate surface area is 511 Å². The number of hydrogen-bond acceptors (Lipinski definition) is 3. The van der Waals surface area contributed by atoms with Crippen molar-refractivity contribution in [3.05, 3.63) is 303 Å². The minimum atomic E-state index is -0.232. The highest BCUT2D eigenvalue weighted by Gasteiger charge is 2.41. The van der Waals surface area contributed by atoms with Gasteiger partial charge in [0.25, 0.3) is 0 Å². The second kappa shape index (κ2) is 21.9. The van der Waals surface area contributed by atoms with Gasteiger partial charge in [-0.3, -0.25) is 0 Å². The van der Waals surface area contributed by atoms with E-state index >= 15 is 0 Å². The van der Waals surface area contributed by atoms with Gasteiger partial charge in [-0.15, -0.1) is 0 Å². The Hall–Kier alpha value is -9.48. The predicted molar refractivity (Wildman–Crippen MR) is 362 cm³/mol. The van der Waals surface area contributed by atoms with Crippen molar-refractivity contribution in [3.8, 4) is 50.6 Å². The molecule has 0 fully saturated rings. The number of hydrogen-bond donors (Lipinski definition) is 0. The fourth-order valence-corrected chi connectivity index (χ4v) is 12.7. The Kier molecular flexibility index (Phi) is 14.5. The van der Waals surface area contributed by atoms with Crippen LogP contribution in [0.3, 0.4) is 0 Å². The van der Waals surface area contributed by atoms with Crippen LogP contribution < -0.4 is 9.80 Å². The van der Waals surface area contributed by atoms with Crippen molar-refractivity contribution in [2.45, 2.75) is 111 Å². The van der Waals surface area contributed by atoms with E-state index in [1.54, 1.807) is 0 Å². The molecule has 4 aliphatic rings. The zero-order valence-electron chi connectivity index (χ0n) is 51.9. The summed E-state index contributed by atoms with van der Waals surface area (Å²) in [5.74, 6) is -0.0808. The average molecular weight is 1120 g/mol. The van der Waals surface area contributed by atoms with Crippen molar-refractivity contribution in [1.82, 2.24) is 0 Å². The van der Waals surface area contributed by atoms with E-state index in [1.165, 1.54) is 61.2 Å². The van der Waals surface area contributed by atoms with Gasteiger partial charge in [-0.05, 0) is 172 Å². The minimum Gasteiger partial charge on any atom is -0.330 e. The van der Waals surface area contributed by atoms with Gasteiger partial charge in [0.2, 0.25) is 0 Å². The smallest absolute Gasteiger partial charge is 0.187 e. The van der Waals surface area contributed by atoms with E-state index in [1.807, 2.05) is 24.3 Å². The summed E-state index contributed by atoms with van der Waals surface area (Å²) in [7, 11) is 0. The first kappa shape index (κ1) is 57.0. The molecule has 0 N–H and O–H groups in total. The van der Waals surface area contributed by atoms with E-state index in [-0.39, 0.29) is 33.6 Å². The topological polar surface area (TPSA) is 34.6 Å². The first-order chi connectivity index (χ1) is 41.0. The molecular formula is C82H76N4. The Morgan fingerprint density at radius 2 is 0.930 bits per heavy atom. The molecule has 4 aliphatic carbocycles. The molecule has 2 unspecified atom stereocenters. The summed E-state index contributed by atoms with van der Waals surface area (Å²) in [5, 5.41) is 10.2. The molecule has 0 bridgehead atoms. The lowest BCUT2D eigenvalue weighted by molar-refractivity contribution is 0.590. The van der Waals surface area contributed by atoms with Gasteiger partial charge in [0.1, 0.15) is 0 Å². The van der Waals surface area contributed by atoms with Crippen molar-refractivity contribution in [1.29, 1.82) is 5.26 Å². The van der Waals surface area contributed by atoms with Crippen molar-refractivity contribution >= 4 is 28.4 Å². The van der Waals surface area contributed by atoms with Gasteiger partial charge < -0.3 is 9.80 Å². The van der Waals surface area contributed by atoms with Gasteiger partial charge in [0.15, 0.2) is 5.69 Å². The highest BCUT2D eigenvalue weighted by molar-refractivity contribution is 5.92. The van der Waals surface area contributed by atoms with Crippen molar-refractivity contribution in [2.24, 2.45) is 5.92 Å². The molecule has 4 heteroatoms. The zero-order chi connectivity index (χ0) is 60.5. The third-order valence-corrected chi connectivity index (χ3v) is 17.7. The molecule has 0 amide bonds. The van der Waals surface area contributed by atoms with Gasteiger partial charge >= 0.3 is 0 Å². The first-order valence-corrected chi connectivity index (χ1v) is 30.3. The zero-order valence-corrected chi connectivity index (χ0v) is 51.9. The van der Waals surface area contributed by atoms with E-state index in [0.29, 0.717) is 11.3 Å². The lowest BCUT2D eigenvalue weighted by Crippen LogP contribution is -2.37. The fourth-order valence-electron chi connectivity index (χ4n) is 12.7. The van der Waals surface area contributed by atoms with Crippen LogP contribution >= 0.6 is 0 Å². The number of nitrogens with zero attached hydrogens (tertiary/aromatic N) is 4. The summed E-state index contributed by atoms with van der Waals surface area (Å²) >= 11 is 0. The van der Waals surface area contributed by atoms with Crippen LogP contribution in [0.1, 0.15) is 111 Å². The molecule has 8 aromatic carbocycles. The summed E-state index contributed by atoms with van der Waals surface area (Å²) in [4.78, 5) is 8.79. The van der Waals surface area contributed by atoms with Gasteiger partial charge in [-0.1, -0.05) is 247 Å². The van der Waals surface area contributed by atoms with Crippen molar-refractivity contribution < 1.29 is 0 Å². The van der Waals surface area contributed by atoms with Crippen molar-refractivity contribution in [3.63, 3.8) is 0 Å². The van der Waals surface area contributed by atoms with Gasteiger partial charge in [0, 0.05) is 34.1 Å². The number of benzene rings is 8. The maximum Gasteiger partial charge on any atom is 0.187 e. The van der Waals surface area contributed by atoms with Crippen LogP contribution in [0.4, 0.5) is 28.4 Å². The van der Waals surface area contributed by atoms with Gasteiger partial charge in [-0.2, -0.15) is 5.26 Å². The lowest BCUT2D eigenvalue weighted by Gasteiger charge is -2.44. The number of anilines is 4. The van der Waals surface area contributed by atoms with E-state index < -0.39 is 0 Å². The average Bonchev–Trinajstić information content (AvgIpc) is 0.794. The molecule has 8 aromatic rings. The van der Waals surface area contributed by atoms with Crippen LogP contribution in [0.2, 0.25) is 0 Å². The summed E-state index contributed by atoms with van der Waals surface area (Å²) in [5.41, 5.74) is 26.7. The van der Waals surface area contributed by atoms with E-state index in [0.717, 1.165) is 61.8 Å². The number of rotatable bonds is 10. The standard InChI is InChI=1S/C82H76N4/c1-79(2,3)62-22-14-18-56(46-62)58-32-44-75(71(50-58)60-20-16-24-64(48-60)81(7,8)9)85(67-36-26-53(52-83)27-37-67)73-42-30-54-29-41-70-74(43-31-55-28-40-69(73)77(54)78(55)70)86(68-38-34-66(84-13)35-39-68)76-45-33-59(57-19-15-23-63(47-57)80(4,5)6)51-72(76)61-21-17-25-65(49-61)82(10,11)12/h14-51,73,78H,1-12H3. The molecule has 0 aromatic heterocycles. The molecule has 0 saturated carbocycles. The van der Waals surface area contributed by atoms with Gasteiger partial charge in [-0.25, -0.2) is 4.85 Å². The van der Waals surface area contributed by atoms with Gasteiger partial charge in [0.05, 0.1) is 35.6 Å². The maximum absolute atomic E-state index is 10.2. The molecule has 0 radical (unpaired) electrons. The highest BCUT2D eigenvalue weighted by Crippen LogP contribution is 2.54. The Morgan fingerprint density at radius 1 is 0.453 bits per heavy atom. The molecule has 12 rings (SSSR count). The van der Waals surface area contributed by atoms with E-state index in [4.69, 9.17) is 6.57 Å². The van der Waals surface area contributed by atoms with Crippen LogP contribution in [0.5, 0.6) is 0 Å². The van der Waals surface area contributed by atoms with Crippen LogP contribution in [0.25, 0.3) is 49.4 Å². The predicted octanol–water partition coefficient (Wildman–Crippen LogP) is 22.1. The van der Waals surface area contributed by atoms with Crippen LogP contribution in [0, 0.1) is 23.8 Å². The third kappa shape index (κ3) is 10.9. The normalized spacial score (nSPS) is 16.3. The molecular weight excluding hydrogens is 1040 g/mol. The largest absolute Gasteiger partial charge is 0.330 e. The number of allylic oxidation sites excluding steroid dienone is 10. The summed E-state index contributed by atoms with van der Waals surface area (Å²) in [6.07, 6.45) is 18.7. The quantitative estimate of drug-likeness (QED) is 0.128. The summed E-state index contributed by atoms with van der Waals surface area (Å²) < 4.78 is 0. The van der Waals surface area contributed by atoms with Crippen LogP contribution in [-0.2, 0) is 21.7 Å². The molecule has 0 spiro atoms. The molecule has 2 atom stereocenters. The second-order valence-corrected chi connectivity index (χ2v) is 27.7. The summed E-state index contributed by atoms with van der Waals surface area (Å²) in [6.45, 7) is 35.3. The molecule has 4 nitrogen and oxygen atoms in total. The number of nitriles is 1. The first-order valence-electron chi connectivity index (χ1n) is 30.3. The van der Waals surface area contributed by atoms with Crippen molar-refractivity contribution in [2.75, 3.05) is 9.80 Å². The van der Waals surface area contributed by atoms with Crippen LogP contribution in [0.15, 0.2) is 264 Å². The SMILES string of the molecule is [C-]#[N+]c1ccc(N(C2=C3C=CC4=C5C(=CC=C(C=C2)C35)C(N(c2ccc(C#N)cc2)c2ccc(-c3cccc(C(C)(C)C)c3)cc2-c2cccc(C(C)(C)C)c2)C=C4)c2ccc(-c3cccc(C(C)(C)C)c3)cc2-c2cccc(C(C)(C)C)c2)cc1. The Balaban J connectivity index is 1.04. The highest BCUT2D eigenvalue weighted by atomic mass is 15.2. The molecule has 86 heavy (non-hydrogen) atoms. The van der Waals surface area contributed by atoms with E-state index in [9.17, 15) is 5.26 Å². The second-order valence-electron chi connectivity index (χ2n) is 27.7. The summed E-state index contributed by atoms with van der Waals surface area (Å²) in [6, 6.07) is 68.6. The monoisotopic (exact) mass is 1120 g/mol. The fraction of sp³-hybridized carbons (Fsp3) is 0.220. The minimum absolute atomic E-state index is 0.0110. The van der Waals surface area contributed by atoms with E-state index in [2.05, 4.69) is 310 Å². The molecule has 0 aliphatic heterocycles. The lowest BCUT2D eigenvalue weighted by atomic mass is 9.67. The molecule has 424 valence electrons. The maximum atomic E-state index is 10.2. The molecule has 0 saturated heterocycles.